The van der Waals surface area contributed by atoms with Gasteiger partial charge in [0.05, 0.1) is 5.75 Å². The van der Waals surface area contributed by atoms with E-state index >= 15 is 0 Å². The van der Waals surface area contributed by atoms with Crippen LogP contribution in [0.25, 0.3) is 0 Å². The van der Waals surface area contributed by atoms with Crippen LogP contribution in [0.1, 0.15) is 54.4 Å². The van der Waals surface area contributed by atoms with Crippen LogP contribution in [0.5, 0.6) is 0 Å². The Kier molecular flexibility index (Phi) is 11.2. The lowest BCUT2D eigenvalue weighted by atomic mass is 9.94. The van der Waals surface area contributed by atoms with Crippen molar-refractivity contribution in [1.29, 1.82) is 0 Å². The standard InChI is InChI=1S/C32H36Cl2N2O2S/c1-23-10-8-13-25(18-23)21-39-22-31(37)36(20-27-28(33)16-9-17-29(27)34)30(19-24-11-4-2-5-12-24)32(38)35-26-14-6-3-7-15-26/h2,4-5,8-13,16-18,26,30H,3,6-7,14-15,19-22H2,1H3,(H,35,38)/t30-/m0/s1. The monoisotopic (exact) mass is 582 g/mol. The molecule has 0 spiro atoms. The van der Waals surface area contributed by atoms with Crippen molar-refractivity contribution in [1.82, 2.24) is 10.2 Å². The van der Waals surface area contributed by atoms with E-state index in [9.17, 15) is 9.59 Å². The van der Waals surface area contributed by atoms with E-state index in [0.29, 0.717) is 27.8 Å². The van der Waals surface area contributed by atoms with E-state index in [1.165, 1.54) is 17.5 Å². The first-order valence-corrected chi connectivity index (χ1v) is 15.5. The van der Waals surface area contributed by atoms with Gasteiger partial charge in [0, 0.05) is 40.4 Å². The number of rotatable bonds is 11. The van der Waals surface area contributed by atoms with Crippen molar-refractivity contribution < 1.29 is 9.59 Å². The molecule has 0 bridgehead atoms. The molecule has 0 heterocycles. The van der Waals surface area contributed by atoms with E-state index in [2.05, 4.69) is 30.4 Å². The molecule has 0 aliphatic heterocycles. The number of thioether (sulfide) groups is 1. The molecule has 39 heavy (non-hydrogen) atoms. The highest BCUT2D eigenvalue weighted by Crippen LogP contribution is 2.28. The molecule has 206 valence electrons. The molecular weight excluding hydrogens is 547 g/mol. The van der Waals surface area contributed by atoms with Crippen LogP contribution < -0.4 is 5.32 Å². The number of aryl methyl sites for hydroxylation is 1. The van der Waals surface area contributed by atoms with Gasteiger partial charge in [-0.3, -0.25) is 9.59 Å². The van der Waals surface area contributed by atoms with Crippen LogP contribution in [0.3, 0.4) is 0 Å². The second-order valence-electron chi connectivity index (χ2n) is 10.3. The summed E-state index contributed by atoms with van der Waals surface area (Å²) in [7, 11) is 0. The van der Waals surface area contributed by atoms with Crippen LogP contribution in [0, 0.1) is 6.92 Å². The van der Waals surface area contributed by atoms with E-state index in [1.54, 1.807) is 34.9 Å². The summed E-state index contributed by atoms with van der Waals surface area (Å²) in [5.41, 5.74) is 4.01. The first-order chi connectivity index (χ1) is 18.9. The Morgan fingerprint density at radius 2 is 1.59 bits per heavy atom. The molecule has 1 saturated carbocycles. The molecule has 0 unspecified atom stereocenters. The van der Waals surface area contributed by atoms with Crippen molar-refractivity contribution in [3.8, 4) is 0 Å². The van der Waals surface area contributed by atoms with Gasteiger partial charge in [-0.1, -0.05) is 109 Å². The average Bonchev–Trinajstić information content (AvgIpc) is 2.93. The molecule has 2 amide bonds. The Morgan fingerprint density at radius 1 is 0.923 bits per heavy atom. The number of benzene rings is 3. The van der Waals surface area contributed by atoms with E-state index < -0.39 is 6.04 Å². The van der Waals surface area contributed by atoms with Crippen LogP contribution in [0.2, 0.25) is 10.0 Å². The third-order valence-corrected chi connectivity index (χ3v) is 8.89. The van der Waals surface area contributed by atoms with Crippen LogP contribution in [0.15, 0.2) is 72.8 Å². The number of nitrogens with one attached hydrogen (secondary N) is 1. The van der Waals surface area contributed by atoms with Gasteiger partial charge in [-0.25, -0.2) is 0 Å². The smallest absolute Gasteiger partial charge is 0.243 e. The zero-order valence-electron chi connectivity index (χ0n) is 22.4. The summed E-state index contributed by atoms with van der Waals surface area (Å²) in [6.45, 7) is 2.23. The molecular formula is C32H36Cl2N2O2S. The van der Waals surface area contributed by atoms with Gasteiger partial charge in [-0.2, -0.15) is 0 Å². The molecule has 1 aliphatic carbocycles. The first-order valence-electron chi connectivity index (χ1n) is 13.6. The fraction of sp³-hybridized carbons (Fsp3) is 0.375. The molecule has 1 fully saturated rings. The lowest BCUT2D eigenvalue weighted by Gasteiger charge is -2.34. The molecule has 1 N–H and O–H groups in total. The van der Waals surface area contributed by atoms with Gasteiger partial charge in [0.1, 0.15) is 6.04 Å². The van der Waals surface area contributed by atoms with Gasteiger partial charge in [-0.05, 0) is 43.0 Å². The Morgan fingerprint density at radius 3 is 2.28 bits per heavy atom. The molecule has 0 radical (unpaired) electrons. The number of halogens is 2. The van der Waals surface area contributed by atoms with Gasteiger partial charge < -0.3 is 10.2 Å². The van der Waals surface area contributed by atoms with Gasteiger partial charge in [0.25, 0.3) is 0 Å². The molecule has 7 heteroatoms. The predicted molar refractivity (Wildman–Crippen MR) is 163 cm³/mol. The molecule has 4 rings (SSSR count). The summed E-state index contributed by atoms with van der Waals surface area (Å²) in [6, 6.07) is 22.9. The number of carbonyl (C=O) groups excluding carboxylic acids is 2. The Labute approximate surface area is 246 Å². The third-order valence-electron chi connectivity index (χ3n) is 7.19. The van der Waals surface area contributed by atoms with Crippen molar-refractivity contribution in [2.75, 3.05) is 5.75 Å². The fourth-order valence-electron chi connectivity index (χ4n) is 5.09. The molecule has 4 nitrogen and oxygen atoms in total. The maximum Gasteiger partial charge on any atom is 0.243 e. The summed E-state index contributed by atoms with van der Waals surface area (Å²) in [5, 5.41) is 4.24. The second kappa shape index (κ2) is 14.8. The van der Waals surface area contributed by atoms with Crippen molar-refractivity contribution in [3.05, 3.63) is 105 Å². The van der Waals surface area contributed by atoms with Crippen molar-refractivity contribution in [3.63, 3.8) is 0 Å². The summed E-state index contributed by atoms with van der Waals surface area (Å²) >= 11 is 14.7. The fourth-order valence-corrected chi connectivity index (χ4v) is 6.47. The lowest BCUT2D eigenvalue weighted by Crippen LogP contribution is -2.53. The molecule has 0 aromatic heterocycles. The van der Waals surface area contributed by atoms with E-state index in [-0.39, 0.29) is 30.2 Å². The zero-order valence-corrected chi connectivity index (χ0v) is 24.7. The average molecular weight is 584 g/mol. The van der Waals surface area contributed by atoms with Crippen LogP contribution in [-0.2, 0) is 28.3 Å². The van der Waals surface area contributed by atoms with Crippen molar-refractivity contribution in [2.45, 2.75) is 69.8 Å². The maximum atomic E-state index is 13.9. The van der Waals surface area contributed by atoms with E-state index in [0.717, 1.165) is 31.2 Å². The topological polar surface area (TPSA) is 49.4 Å². The van der Waals surface area contributed by atoms with Crippen molar-refractivity contribution in [2.24, 2.45) is 0 Å². The number of nitrogens with zero attached hydrogens (tertiary/aromatic N) is 1. The highest BCUT2D eigenvalue weighted by molar-refractivity contribution is 7.99. The van der Waals surface area contributed by atoms with Gasteiger partial charge in [-0.15, -0.1) is 11.8 Å². The number of carbonyl (C=O) groups is 2. The predicted octanol–water partition coefficient (Wildman–Crippen LogP) is 7.62. The Balaban J connectivity index is 1.60. The van der Waals surface area contributed by atoms with Crippen LogP contribution in [0.4, 0.5) is 0 Å². The largest absolute Gasteiger partial charge is 0.352 e. The van der Waals surface area contributed by atoms with Crippen molar-refractivity contribution >= 4 is 46.8 Å². The number of hydrogen-bond acceptors (Lipinski definition) is 3. The third kappa shape index (κ3) is 8.76. The molecule has 1 atom stereocenters. The number of amides is 2. The molecule has 3 aromatic rings. The quantitative estimate of drug-likeness (QED) is 0.253. The first kappa shape index (κ1) is 29.5. The molecule has 1 aliphatic rings. The highest BCUT2D eigenvalue weighted by Gasteiger charge is 2.32. The van der Waals surface area contributed by atoms with Gasteiger partial charge in [0.15, 0.2) is 0 Å². The van der Waals surface area contributed by atoms with Gasteiger partial charge >= 0.3 is 0 Å². The minimum absolute atomic E-state index is 0.108. The zero-order chi connectivity index (χ0) is 27.6. The summed E-state index contributed by atoms with van der Waals surface area (Å²) < 4.78 is 0. The highest BCUT2D eigenvalue weighted by atomic mass is 35.5. The van der Waals surface area contributed by atoms with Crippen LogP contribution >= 0.6 is 35.0 Å². The summed E-state index contributed by atoms with van der Waals surface area (Å²) in [4.78, 5) is 29.5. The van der Waals surface area contributed by atoms with E-state index in [1.807, 2.05) is 36.4 Å². The Hall–Kier alpha value is -2.47. The normalized spacial score (nSPS) is 14.5. The lowest BCUT2D eigenvalue weighted by molar-refractivity contribution is -0.139. The minimum atomic E-state index is -0.686. The number of hydrogen-bond donors (Lipinski definition) is 1. The van der Waals surface area contributed by atoms with Crippen LogP contribution in [-0.4, -0.2) is 34.6 Å². The van der Waals surface area contributed by atoms with E-state index in [4.69, 9.17) is 23.2 Å². The summed E-state index contributed by atoms with van der Waals surface area (Å²) in [5.74, 6) is 0.735. The maximum absolute atomic E-state index is 13.9. The molecule has 0 saturated heterocycles. The van der Waals surface area contributed by atoms with Gasteiger partial charge in [0.2, 0.25) is 11.8 Å². The Bertz CT molecular complexity index is 1230. The minimum Gasteiger partial charge on any atom is -0.352 e. The molecule has 3 aromatic carbocycles. The second-order valence-corrected chi connectivity index (χ2v) is 12.1. The SMILES string of the molecule is Cc1cccc(CSCC(=O)N(Cc2c(Cl)cccc2Cl)[C@@H](Cc2ccccc2)C(=O)NC2CCCCC2)c1. The summed E-state index contributed by atoms with van der Waals surface area (Å²) in [6.07, 6.45) is 5.79.